The Morgan fingerprint density at radius 2 is 2.12 bits per heavy atom. The van der Waals surface area contributed by atoms with E-state index in [4.69, 9.17) is 5.11 Å². The van der Waals surface area contributed by atoms with Crippen LogP contribution in [0.4, 0.5) is 5.69 Å². The molecule has 16 heavy (non-hydrogen) atoms. The standard InChI is InChI=1S/C10H7BrN2O3/c1-5(14)10(9(15)16)7-3-2-6(11)4-8(7)12-13-10/h2-4H,1H3,(H,15,16). The average molecular weight is 283 g/mol. The Hall–Kier alpha value is -1.56. The molecule has 0 aromatic heterocycles. The number of ketones is 1. The van der Waals surface area contributed by atoms with E-state index in [1.54, 1.807) is 18.2 Å². The largest absolute Gasteiger partial charge is 0.479 e. The second-order valence-corrected chi connectivity index (χ2v) is 4.35. The number of azo groups is 1. The summed E-state index contributed by atoms with van der Waals surface area (Å²) in [5.74, 6) is -1.85. The molecule has 5 nitrogen and oxygen atoms in total. The van der Waals surface area contributed by atoms with Gasteiger partial charge in [0.25, 0.3) is 5.54 Å². The van der Waals surface area contributed by atoms with Crippen LogP contribution in [0.2, 0.25) is 0 Å². The van der Waals surface area contributed by atoms with Crippen LogP contribution in [0.3, 0.4) is 0 Å². The van der Waals surface area contributed by atoms with E-state index >= 15 is 0 Å². The number of nitrogens with zero attached hydrogens (tertiary/aromatic N) is 2. The summed E-state index contributed by atoms with van der Waals surface area (Å²) in [6, 6.07) is 4.84. The maximum absolute atomic E-state index is 11.5. The first-order valence-electron chi connectivity index (χ1n) is 4.46. The molecule has 0 bridgehead atoms. The van der Waals surface area contributed by atoms with Gasteiger partial charge in [-0.2, -0.15) is 10.2 Å². The average Bonchev–Trinajstić information content (AvgIpc) is 2.56. The van der Waals surface area contributed by atoms with Gasteiger partial charge in [0.05, 0.1) is 5.69 Å². The van der Waals surface area contributed by atoms with Crippen LogP contribution in [-0.2, 0) is 15.1 Å². The second kappa shape index (κ2) is 3.48. The number of carboxylic acids is 1. The fraction of sp³-hybridized carbons (Fsp3) is 0.200. The third-order valence-corrected chi connectivity index (χ3v) is 2.97. The van der Waals surface area contributed by atoms with Gasteiger partial charge in [-0.25, -0.2) is 4.79 Å². The van der Waals surface area contributed by atoms with Crippen molar-refractivity contribution in [2.45, 2.75) is 12.5 Å². The third-order valence-electron chi connectivity index (χ3n) is 2.48. The number of carbonyl (C=O) groups is 2. The highest BCUT2D eigenvalue weighted by atomic mass is 79.9. The molecular weight excluding hydrogens is 276 g/mol. The summed E-state index contributed by atoms with van der Waals surface area (Å²) in [6.45, 7) is 1.20. The van der Waals surface area contributed by atoms with Crippen molar-refractivity contribution < 1.29 is 14.7 Å². The molecule has 1 aliphatic heterocycles. The molecule has 82 valence electrons. The first-order chi connectivity index (χ1) is 7.48. The molecule has 1 aromatic rings. The molecule has 1 unspecified atom stereocenters. The van der Waals surface area contributed by atoms with Crippen molar-refractivity contribution in [1.82, 2.24) is 0 Å². The van der Waals surface area contributed by atoms with Crippen LogP contribution in [0.15, 0.2) is 32.9 Å². The van der Waals surface area contributed by atoms with Crippen LogP contribution in [0.25, 0.3) is 0 Å². The van der Waals surface area contributed by atoms with Gasteiger partial charge in [0.15, 0.2) is 5.78 Å². The fourth-order valence-electron chi connectivity index (χ4n) is 1.64. The monoisotopic (exact) mass is 282 g/mol. The number of hydrogen-bond donors (Lipinski definition) is 1. The molecule has 0 fully saturated rings. The maximum Gasteiger partial charge on any atom is 0.346 e. The Morgan fingerprint density at radius 3 is 2.69 bits per heavy atom. The predicted octanol–water partition coefficient (Wildman–Crippen LogP) is 2.42. The number of hydrogen-bond acceptors (Lipinski definition) is 4. The van der Waals surface area contributed by atoms with Crippen molar-refractivity contribution in [2.24, 2.45) is 10.2 Å². The first kappa shape index (κ1) is 10.9. The molecule has 1 atom stereocenters. The van der Waals surface area contributed by atoms with Crippen molar-refractivity contribution in [3.63, 3.8) is 0 Å². The topological polar surface area (TPSA) is 79.1 Å². The van der Waals surface area contributed by atoms with Gasteiger partial charge in [0.2, 0.25) is 0 Å². The van der Waals surface area contributed by atoms with E-state index in [-0.39, 0.29) is 0 Å². The highest BCUT2D eigenvalue weighted by molar-refractivity contribution is 9.10. The molecule has 0 spiro atoms. The SMILES string of the molecule is CC(=O)C1(C(=O)O)N=Nc2cc(Br)ccc21. The van der Waals surface area contributed by atoms with Crippen LogP contribution in [0, 0.1) is 0 Å². The fourth-order valence-corrected chi connectivity index (χ4v) is 1.99. The summed E-state index contributed by atoms with van der Waals surface area (Å²) < 4.78 is 0.759. The van der Waals surface area contributed by atoms with Gasteiger partial charge in [-0.3, -0.25) is 4.79 Å². The lowest BCUT2D eigenvalue weighted by Gasteiger charge is -2.17. The maximum atomic E-state index is 11.5. The molecule has 0 saturated carbocycles. The van der Waals surface area contributed by atoms with Crippen LogP contribution >= 0.6 is 15.9 Å². The lowest BCUT2D eigenvalue weighted by Crippen LogP contribution is -2.38. The molecule has 0 amide bonds. The summed E-state index contributed by atoms with van der Waals surface area (Å²) >= 11 is 3.24. The van der Waals surface area contributed by atoms with Gasteiger partial charge in [-0.05, 0) is 19.1 Å². The summed E-state index contributed by atoms with van der Waals surface area (Å²) in [4.78, 5) is 22.7. The van der Waals surface area contributed by atoms with Crippen LogP contribution in [0.1, 0.15) is 12.5 Å². The first-order valence-corrected chi connectivity index (χ1v) is 5.25. The number of halogens is 1. The number of fused-ring (bicyclic) bond motifs is 1. The van der Waals surface area contributed by atoms with E-state index in [0.29, 0.717) is 11.3 Å². The summed E-state index contributed by atoms with van der Waals surface area (Å²) in [5, 5.41) is 16.5. The van der Waals surface area contributed by atoms with E-state index in [2.05, 4.69) is 26.2 Å². The molecule has 1 N–H and O–H groups in total. The lowest BCUT2D eigenvalue weighted by molar-refractivity contribution is -0.148. The predicted molar refractivity (Wildman–Crippen MR) is 58.7 cm³/mol. The quantitative estimate of drug-likeness (QED) is 0.846. The van der Waals surface area contributed by atoms with E-state index < -0.39 is 17.3 Å². The van der Waals surface area contributed by atoms with Gasteiger partial charge < -0.3 is 5.11 Å². The Balaban J connectivity index is 2.70. The van der Waals surface area contributed by atoms with Crippen molar-refractivity contribution in [3.05, 3.63) is 28.2 Å². The highest BCUT2D eigenvalue weighted by Crippen LogP contribution is 2.42. The summed E-state index contributed by atoms with van der Waals surface area (Å²) in [5.41, 5.74) is -1.14. The number of rotatable bonds is 2. The molecule has 1 aromatic carbocycles. The Morgan fingerprint density at radius 1 is 1.44 bits per heavy atom. The molecule has 0 aliphatic carbocycles. The van der Waals surface area contributed by atoms with E-state index in [1.807, 2.05) is 0 Å². The minimum atomic E-state index is -1.87. The zero-order valence-corrected chi connectivity index (χ0v) is 9.85. The summed E-state index contributed by atoms with van der Waals surface area (Å²) in [7, 11) is 0. The zero-order chi connectivity index (χ0) is 11.9. The highest BCUT2D eigenvalue weighted by Gasteiger charge is 2.50. The van der Waals surface area contributed by atoms with Crippen molar-refractivity contribution >= 4 is 33.4 Å². The number of carbonyl (C=O) groups excluding carboxylic acids is 1. The van der Waals surface area contributed by atoms with Crippen molar-refractivity contribution in [3.8, 4) is 0 Å². The van der Waals surface area contributed by atoms with E-state index in [1.165, 1.54) is 6.92 Å². The number of Topliss-reactive ketones (excluding diaryl/α,β-unsaturated/α-hetero) is 1. The molecule has 1 aliphatic rings. The molecule has 2 rings (SSSR count). The minimum Gasteiger partial charge on any atom is -0.479 e. The molecule has 0 radical (unpaired) electrons. The molecular formula is C10H7BrN2O3. The van der Waals surface area contributed by atoms with Gasteiger partial charge in [-0.1, -0.05) is 22.0 Å². The number of benzene rings is 1. The van der Waals surface area contributed by atoms with Gasteiger partial charge in [-0.15, -0.1) is 0 Å². The van der Waals surface area contributed by atoms with Gasteiger partial charge >= 0.3 is 5.97 Å². The normalized spacial score (nSPS) is 21.9. The number of carboxylic acid groups (broad SMARTS) is 1. The van der Waals surface area contributed by atoms with Crippen LogP contribution < -0.4 is 0 Å². The molecule has 1 heterocycles. The number of aliphatic carboxylic acids is 1. The van der Waals surface area contributed by atoms with Crippen LogP contribution in [-0.4, -0.2) is 16.9 Å². The van der Waals surface area contributed by atoms with Gasteiger partial charge in [0.1, 0.15) is 0 Å². The van der Waals surface area contributed by atoms with Gasteiger partial charge in [0, 0.05) is 10.0 Å². The Kier molecular flexibility index (Phi) is 2.38. The Bertz CT molecular complexity index is 511. The van der Waals surface area contributed by atoms with Crippen LogP contribution in [0.5, 0.6) is 0 Å². The lowest BCUT2D eigenvalue weighted by atomic mass is 9.87. The minimum absolute atomic E-state index is 0.315. The second-order valence-electron chi connectivity index (χ2n) is 3.43. The molecule has 0 saturated heterocycles. The van der Waals surface area contributed by atoms with E-state index in [9.17, 15) is 9.59 Å². The summed E-state index contributed by atoms with van der Waals surface area (Å²) in [6.07, 6.45) is 0. The zero-order valence-electron chi connectivity index (χ0n) is 8.27. The smallest absolute Gasteiger partial charge is 0.346 e. The van der Waals surface area contributed by atoms with Crippen molar-refractivity contribution in [1.29, 1.82) is 0 Å². The molecule has 6 heteroatoms. The Labute approximate surface area is 99.3 Å². The third kappa shape index (κ3) is 1.30. The van der Waals surface area contributed by atoms with Crippen molar-refractivity contribution in [2.75, 3.05) is 0 Å². The van der Waals surface area contributed by atoms with E-state index in [0.717, 1.165) is 4.47 Å².